The van der Waals surface area contributed by atoms with Gasteiger partial charge in [-0.05, 0) is 37.3 Å². The first-order valence-electron chi connectivity index (χ1n) is 6.96. The fourth-order valence-corrected chi connectivity index (χ4v) is 2.34. The maximum atomic E-state index is 12.3. The summed E-state index contributed by atoms with van der Waals surface area (Å²) in [7, 11) is 1.69. The Balaban J connectivity index is 1.84. The SMILES string of the molecule is Cc1cccc(C(=O)Nc2ccc3c(c2)N(C)C(=O)CO3)c1. The van der Waals surface area contributed by atoms with Gasteiger partial charge in [0.1, 0.15) is 5.75 Å². The molecule has 2 aromatic carbocycles. The standard InChI is InChI=1S/C17H16N2O3/c1-11-4-3-5-12(8-11)17(21)18-13-6-7-15-14(9-13)19(2)16(20)10-22-15/h3-9H,10H2,1-2H3,(H,18,21). The fraction of sp³-hybridized carbons (Fsp3) is 0.176. The largest absolute Gasteiger partial charge is 0.482 e. The van der Waals surface area contributed by atoms with Crippen LogP contribution in [0.4, 0.5) is 11.4 Å². The van der Waals surface area contributed by atoms with Crippen molar-refractivity contribution in [1.82, 2.24) is 0 Å². The van der Waals surface area contributed by atoms with E-state index in [0.29, 0.717) is 22.7 Å². The summed E-state index contributed by atoms with van der Waals surface area (Å²) < 4.78 is 5.36. The van der Waals surface area contributed by atoms with Crippen LogP contribution in [0.2, 0.25) is 0 Å². The zero-order valence-electron chi connectivity index (χ0n) is 12.4. The predicted molar refractivity (Wildman–Crippen MR) is 84.5 cm³/mol. The van der Waals surface area contributed by atoms with Gasteiger partial charge in [0.05, 0.1) is 5.69 Å². The molecule has 0 saturated heterocycles. The van der Waals surface area contributed by atoms with Gasteiger partial charge in [0.25, 0.3) is 11.8 Å². The average Bonchev–Trinajstić information content (AvgIpc) is 2.51. The summed E-state index contributed by atoms with van der Waals surface area (Å²) in [6, 6.07) is 12.6. The monoisotopic (exact) mass is 296 g/mol. The van der Waals surface area contributed by atoms with Gasteiger partial charge in [0, 0.05) is 18.3 Å². The van der Waals surface area contributed by atoms with Crippen LogP contribution in [0.25, 0.3) is 0 Å². The van der Waals surface area contributed by atoms with Crippen LogP contribution in [0.3, 0.4) is 0 Å². The van der Waals surface area contributed by atoms with Crippen LogP contribution in [-0.4, -0.2) is 25.5 Å². The molecule has 0 saturated carbocycles. The second-order valence-electron chi connectivity index (χ2n) is 5.25. The Labute approximate surface area is 128 Å². The van der Waals surface area contributed by atoms with Crippen LogP contribution < -0.4 is 15.0 Å². The van der Waals surface area contributed by atoms with Gasteiger partial charge >= 0.3 is 0 Å². The van der Waals surface area contributed by atoms with Crippen LogP contribution >= 0.6 is 0 Å². The normalized spacial score (nSPS) is 13.4. The van der Waals surface area contributed by atoms with E-state index < -0.39 is 0 Å². The van der Waals surface area contributed by atoms with Gasteiger partial charge in [-0.25, -0.2) is 0 Å². The zero-order chi connectivity index (χ0) is 15.7. The van der Waals surface area contributed by atoms with Crippen molar-refractivity contribution in [3.8, 4) is 5.75 Å². The molecule has 0 aliphatic carbocycles. The van der Waals surface area contributed by atoms with Gasteiger partial charge in [-0.3, -0.25) is 9.59 Å². The van der Waals surface area contributed by atoms with Crippen LogP contribution in [0, 0.1) is 6.92 Å². The number of hydrogen-bond donors (Lipinski definition) is 1. The van der Waals surface area contributed by atoms with E-state index in [2.05, 4.69) is 5.32 Å². The lowest BCUT2D eigenvalue weighted by molar-refractivity contribution is -0.120. The van der Waals surface area contributed by atoms with Crippen LogP contribution in [0.1, 0.15) is 15.9 Å². The van der Waals surface area contributed by atoms with E-state index in [9.17, 15) is 9.59 Å². The molecule has 0 aromatic heterocycles. The molecule has 5 heteroatoms. The summed E-state index contributed by atoms with van der Waals surface area (Å²) in [4.78, 5) is 25.4. The number of nitrogens with one attached hydrogen (secondary N) is 1. The van der Waals surface area contributed by atoms with Crippen molar-refractivity contribution in [2.24, 2.45) is 0 Å². The number of rotatable bonds is 2. The number of hydrogen-bond acceptors (Lipinski definition) is 3. The third kappa shape index (κ3) is 2.65. The number of likely N-dealkylation sites (N-methyl/N-ethyl adjacent to an activating group) is 1. The van der Waals surface area contributed by atoms with Crippen molar-refractivity contribution < 1.29 is 14.3 Å². The molecule has 1 aliphatic rings. The highest BCUT2D eigenvalue weighted by Crippen LogP contribution is 2.33. The van der Waals surface area contributed by atoms with Crippen molar-refractivity contribution in [2.45, 2.75) is 6.92 Å². The number of fused-ring (bicyclic) bond motifs is 1. The Morgan fingerprint density at radius 2 is 2.05 bits per heavy atom. The van der Waals surface area contributed by atoms with Crippen molar-refractivity contribution >= 4 is 23.2 Å². The highest BCUT2D eigenvalue weighted by molar-refractivity contribution is 6.05. The molecule has 112 valence electrons. The van der Waals surface area contributed by atoms with Gasteiger partial charge in [-0.15, -0.1) is 0 Å². The maximum absolute atomic E-state index is 12.3. The second-order valence-corrected chi connectivity index (χ2v) is 5.25. The molecular weight excluding hydrogens is 280 g/mol. The molecule has 0 fully saturated rings. The molecule has 5 nitrogen and oxygen atoms in total. The highest BCUT2D eigenvalue weighted by Gasteiger charge is 2.22. The molecule has 2 aromatic rings. The number of carbonyl (C=O) groups is 2. The summed E-state index contributed by atoms with van der Waals surface area (Å²) >= 11 is 0. The molecule has 0 radical (unpaired) electrons. The van der Waals surface area contributed by atoms with Crippen molar-refractivity contribution in [2.75, 3.05) is 23.9 Å². The topological polar surface area (TPSA) is 58.6 Å². The third-order valence-electron chi connectivity index (χ3n) is 3.58. The lowest BCUT2D eigenvalue weighted by Crippen LogP contribution is -2.35. The molecule has 22 heavy (non-hydrogen) atoms. The first-order valence-corrected chi connectivity index (χ1v) is 6.96. The summed E-state index contributed by atoms with van der Waals surface area (Å²) in [6.07, 6.45) is 0. The van der Waals surface area contributed by atoms with Crippen molar-refractivity contribution in [1.29, 1.82) is 0 Å². The average molecular weight is 296 g/mol. The predicted octanol–water partition coefficient (Wildman–Crippen LogP) is 2.60. The Kier molecular flexibility index (Phi) is 3.55. The number of anilines is 2. The number of amides is 2. The lowest BCUT2D eigenvalue weighted by Gasteiger charge is -2.26. The number of aryl methyl sites for hydroxylation is 1. The first kappa shape index (κ1) is 14.1. The summed E-state index contributed by atoms with van der Waals surface area (Å²) in [6.45, 7) is 1.98. The molecule has 0 atom stereocenters. The molecule has 0 spiro atoms. The minimum atomic E-state index is -0.186. The highest BCUT2D eigenvalue weighted by atomic mass is 16.5. The van der Waals surface area contributed by atoms with E-state index in [0.717, 1.165) is 5.56 Å². The van der Waals surface area contributed by atoms with Gasteiger partial charge < -0.3 is 15.0 Å². The van der Waals surface area contributed by atoms with Crippen molar-refractivity contribution in [3.05, 3.63) is 53.6 Å². The number of benzene rings is 2. The number of carbonyl (C=O) groups excluding carboxylic acids is 2. The number of nitrogens with zero attached hydrogens (tertiary/aromatic N) is 1. The molecular formula is C17H16N2O3. The van der Waals surface area contributed by atoms with Gasteiger partial charge in [0.15, 0.2) is 6.61 Å². The minimum absolute atomic E-state index is 0.0402. The molecule has 2 amide bonds. The Morgan fingerprint density at radius 1 is 1.23 bits per heavy atom. The smallest absolute Gasteiger partial charge is 0.264 e. The molecule has 1 N–H and O–H groups in total. The minimum Gasteiger partial charge on any atom is -0.482 e. The van der Waals surface area contributed by atoms with E-state index >= 15 is 0 Å². The van der Waals surface area contributed by atoms with E-state index in [1.54, 1.807) is 31.3 Å². The first-order chi connectivity index (χ1) is 10.5. The summed E-state index contributed by atoms with van der Waals surface area (Å²) in [5.41, 5.74) is 2.89. The van der Waals surface area contributed by atoms with Crippen molar-refractivity contribution in [3.63, 3.8) is 0 Å². The fourth-order valence-electron chi connectivity index (χ4n) is 2.34. The van der Waals surface area contributed by atoms with Gasteiger partial charge in [-0.2, -0.15) is 0 Å². The number of ether oxygens (including phenoxy) is 1. The summed E-state index contributed by atoms with van der Waals surface area (Å²) in [5, 5.41) is 2.84. The Morgan fingerprint density at radius 3 is 2.82 bits per heavy atom. The quantitative estimate of drug-likeness (QED) is 0.926. The Hall–Kier alpha value is -2.82. The van der Waals surface area contributed by atoms with E-state index in [4.69, 9.17) is 4.74 Å². The van der Waals surface area contributed by atoms with Crippen LogP contribution in [0.5, 0.6) is 5.75 Å². The van der Waals surface area contributed by atoms with E-state index in [1.807, 2.05) is 25.1 Å². The van der Waals surface area contributed by atoms with E-state index in [1.165, 1.54) is 4.90 Å². The van der Waals surface area contributed by atoms with Crippen LogP contribution in [0.15, 0.2) is 42.5 Å². The Bertz CT molecular complexity index is 755. The second kappa shape index (κ2) is 5.52. The molecule has 0 bridgehead atoms. The molecule has 0 unspecified atom stereocenters. The maximum Gasteiger partial charge on any atom is 0.264 e. The third-order valence-corrected chi connectivity index (χ3v) is 3.58. The molecule has 1 heterocycles. The molecule has 3 rings (SSSR count). The summed E-state index contributed by atoms with van der Waals surface area (Å²) in [5.74, 6) is 0.333. The van der Waals surface area contributed by atoms with Crippen LogP contribution in [-0.2, 0) is 4.79 Å². The van der Waals surface area contributed by atoms with E-state index in [-0.39, 0.29) is 18.4 Å². The zero-order valence-corrected chi connectivity index (χ0v) is 12.4. The van der Waals surface area contributed by atoms with Gasteiger partial charge in [0.2, 0.25) is 0 Å². The lowest BCUT2D eigenvalue weighted by atomic mass is 10.1. The van der Waals surface area contributed by atoms with Gasteiger partial charge in [-0.1, -0.05) is 17.7 Å². The molecule has 1 aliphatic heterocycles.